The molecule has 5 rings (SSSR count). The number of aromatic hydroxyl groups is 1. The summed E-state index contributed by atoms with van der Waals surface area (Å²) < 4.78 is 7.33. The van der Waals surface area contributed by atoms with Crippen LogP contribution in [0.4, 0.5) is 0 Å². The monoisotopic (exact) mass is 474 g/mol. The number of aromatic nitrogens is 2. The van der Waals surface area contributed by atoms with E-state index in [-0.39, 0.29) is 29.3 Å². The summed E-state index contributed by atoms with van der Waals surface area (Å²) >= 11 is 0. The van der Waals surface area contributed by atoms with Crippen molar-refractivity contribution < 1.29 is 46.7 Å². The lowest BCUT2D eigenvalue weighted by molar-refractivity contribution is -0.774. The maximum atomic E-state index is 10.4. The predicted molar refractivity (Wildman–Crippen MR) is 108 cm³/mol. The molecule has 0 spiro atoms. The Balaban J connectivity index is 0.00000218. The number of nitrogens with one attached hydrogen (secondary N) is 1. The molecule has 3 heterocycles. The Kier molecular flexibility index (Phi) is 5.24. The molecule has 2 aromatic carbocycles. The van der Waals surface area contributed by atoms with Gasteiger partial charge in [-0.1, -0.05) is 0 Å². The lowest BCUT2D eigenvalue weighted by Crippen LogP contribution is -3.00. The molecule has 2 aromatic heterocycles. The first kappa shape index (κ1) is 21.0. The Morgan fingerprint density at radius 1 is 1.00 bits per heavy atom. The Morgan fingerprint density at radius 2 is 1.77 bits per heavy atom. The first-order valence-corrected chi connectivity index (χ1v) is 9.60. The van der Waals surface area contributed by atoms with Crippen LogP contribution in [0.5, 0.6) is 5.75 Å². The number of ether oxygens (including phenoxy) is 1. The number of fused-ring (bicyclic) bond motifs is 4. The van der Waals surface area contributed by atoms with Crippen molar-refractivity contribution in [1.82, 2.24) is 4.98 Å². The molecule has 4 atom stereocenters. The minimum absolute atomic E-state index is 0. The molecule has 8 heteroatoms. The highest BCUT2D eigenvalue weighted by Crippen LogP contribution is 2.37. The van der Waals surface area contributed by atoms with E-state index in [1.54, 1.807) is 16.7 Å². The second kappa shape index (κ2) is 7.47. The second-order valence-corrected chi connectivity index (χ2v) is 7.85. The largest absolute Gasteiger partial charge is 1.00 e. The number of aryl methyl sites for hydroxylation is 2. The van der Waals surface area contributed by atoms with Gasteiger partial charge < -0.3 is 47.1 Å². The van der Waals surface area contributed by atoms with Gasteiger partial charge >= 0.3 is 0 Å². The quantitative estimate of drug-likeness (QED) is 0.220. The average molecular weight is 475 g/mol. The molecular weight excluding hydrogens is 452 g/mol. The highest BCUT2D eigenvalue weighted by molar-refractivity contribution is 6.16. The Bertz CT molecular complexity index is 1270. The Morgan fingerprint density at radius 3 is 2.53 bits per heavy atom. The molecule has 1 aliphatic rings. The third-order valence-corrected chi connectivity index (χ3v) is 6.09. The number of aliphatic hydroxyl groups is 3. The number of phenolic OH excluding ortho intramolecular Hbond substituents is 1. The van der Waals surface area contributed by atoms with Crippen LogP contribution in [-0.4, -0.2) is 50.3 Å². The van der Waals surface area contributed by atoms with Crippen molar-refractivity contribution in [2.45, 2.75) is 38.4 Å². The molecule has 0 amide bonds. The van der Waals surface area contributed by atoms with Crippen LogP contribution >= 0.6 is 0 Å². The molecule has 1 fully saturated rings. The van der Waals surface area contributed by atoms with Crippen LogP contribution in [0.25, 0.3) is 32.6 Å². The third-order valence-electron chi connectivity index (χ3n) is 6.09. The Labute approximate surface area is 182 Å². The number of pyridine rings is 1. The molecule has 7 nitrogen and oxygen atoms in total. The van der Waals surface area contributed by atoms with Crippen LogP contribution in [0.3, 0.4) is 0 Å². The second-order valence-electron chi connectivity index (χ2n) is 7.85. The number of H-pyrrole nitrogens is 1. The lowest BCUT2D eigenvalue weighted by atomic mass is 9.96. The number of aromatic amines is 1. The van der Waals surface area contributed by atoms with E-state index in [9.17, 15) is 20.4 Å². The van der Waals surface area contributed by atoms with Crippen molar-refractivity contribution in [3.8, 4) is 5.75 Å². The van der Waals surface area contributed by atoms with E-state index in [2.05, 4.69) is 11.9 Å². The number of aliphatic hydroxyl groups excluding tert-OH is 3. The van der Waals surface area contributed by atoms with E-state index in [4.69, 9.17) is 4.74 Å². The summed E-state index contributed by atoms with van der Waals surface area (Å²) in [5.74, 6) is 0.213. The third kappa shape index (κ3) is 2.99. The van der Waals surface area contributed by atoms with Gasteiger partial charge in [-0.3, -0.25) is 0 Å². The minimum atomic E-state index is -1.26. The summed E-state index contributed by atoms with van der Waals surface area (Å²) in [7, 11) is 0. The van der Waals surface area contributed by atoms with Crippen molar-refractivity contribution in [1.29, 1.82) is 0 Å². The van der Waals surface area contributed by atoms with Gasteiger partial charge in [0.15, 0.2) is 18.5 Å². The maximum absolute atomic E-state index is 10.4. The smallest absolute Gasteiger partial charge is 0.291 e. The van der Waals surface area contributed by atoms with E-state index in [1.165, 1.54) is 0 Å². The topological polar surface area (TPSA) is 110 Å². The van der Waals surface area contributed by atoms with Gasteiger partial charge in [0, 0.05) is 27.7 Å². The number of hydrogen-bond donors (Lipinski definition) is 5. The normalized spacial score (nSPS) is 24.4. The summed E-state index contributed by atoms with van der Waals surface area (Å²) in [4.78, 5) is 3.46. The van der Waals surface area contributed by atoms with Gasteiger partial charge in [-0.25, -0.2) is 0 Å². The molecule has 30 heavy (non-hydrogen) atoms. The van der Waals surface area contributed by atoms with Crippen LogP contribution in [0.15, 0.2) is 36.7 Å². The van der Waals surface area contributed by atoms with Crippen molar-refractivity contribution in [3.63, 3.8) is 0 Å². The van der Waals surface area contributed by atoms with Gasteiger partial charge in [-0.2, -0.15) is 4.57 Å². The number of rotatable bonds is 1. The van der Waals surface area contributed by atoms with Crippen molar-refractivity contribution in [3.05, 3.63) is 47.8 Å². The first-order valence-electron chi connectivity index (χ1n) is 9.60. The van der Waals surface area contributed by atoms with Crippen molar-refractivity contribution >= 4 is 32.6 Å². The zero-order chi connectivity index (χ0) is 20.4. The molecule has 0 unspecified atom stereocenters. The fourth-order valence-corrected chi connectivity index (χ4v) is 4.47. The predicted octanol–water partition coefficient (Wildman–Crippen LogP) is -1.30. The number of phenols is 1. The maximum Gasteiger partial charge on any atom is 0.291 e. The van der Waals surface area contributed by atoms with Crippen molar-refractivity contribution in [2.75, 3.05) is 6.61 Å². The number of nitrogens with zero attached hydrogens (tertiary/aromatic N) is 1. The van der Waals surface area contributed by atoms with Crippen LogP contribution in [0.2, 0.25) is 0 Å². The molecule has 1 saturated heterocycles. The summed E-state index contributed by atoms with van der Waals surface area (Å²) in [6.07, 6.45) is -0.690. The average Bonchev–Trinajstić information content (AvgIpc) is 3.09. The summed E-state index contributed by atoms with van der Waals surface area (Å²) in [6, 6.07) is 7.26. The van der Waals surface area contributed by atoms with Crippen LogP contribution in [-0.2, 0) is 4.74 Å². The highest BCUT2D eigenvalue weighted by Gasteiger charge is 2.43. The standard InChI is InChI=1S/C22H22N2O5.BrH/c1-10-15-8-24(22-21(28)20(27)17(26)9-29-22)6-5-13(15)11(2)19-18(10)14-7-12(25)3-4-16(14)23-19;/h3-8,17,20-22,25-28H,9H2,1-2H3;1H/t17-,20-,21+,22+;/m1./s1. The van der Waals surface area contributed by atoms with Gasteiger partial charge in [0.05, 0.1) is 12.1 Å². The number of halogens is 1. The van der Waals surface area contributed by atoms with Gasteiger partial charge in [-0.15, -0.1) is 0 Å². The summed E-state index contributed by atoms with van der Waals surface area (Å²) in [5.41, 5.74) is 4.11. The summed E-state index contributed by atoms with van der Waals surface area (Å²) in [5, 5.41) is 44.1. The van der Waals surface area contributed by atoms with Gasteiger partial charge in [0.2, 0.25) is 0 Å². The molecule has 0 saturated carbocycles. The fourth-order valence-electron chi connectivity index (χ4n) is 4.47. The molecular formula is C22H23BrN2O5. The van der Waals surface area contributed by atoms with Gasteiger partial charge in [0.1, 0.15) is 18.0 Å². The van der Waals surface area contributed by atoms with E-state index in [0.29, 0.717) is 0 Å². The van der Waals surface area contributed by atoms with Crippen molar-refractivity contribution in [2.24, 2.45) is 0 Å². The van der Waals surface area contributed by atoms with E-state index in [0.717, 1.165) is 43.7 Å². The fraction of sp³-hybridized carbons (Fsp3) is 0.318. The van der Waals surface area contributed by atoms with Crippen LogP contribution < -0.4 is 21.5 Å². The Hall–Kier alpha value is -2.23. The van der Waals surface area contributed by atoms with E-state index < -0.39 is 24.5 Å². The molecule has 158 valence electrons. The molecule has 0 radical (unpaired) electrons. The zero-order valence-corrected chi connectivity index (χ0v) is 18.1. The minimum Gasteiger partial charge on any atom is -1.00 e. The van der Waals surface area contributed by atoms with Gasteiger partial charge in [-0.05, 0) is 48.6 Å². The lowest BCUT2D eigenvalue weighted by Gasteiger charge is -2.31. The molecule has 0 bridgehead atoms. The molecule has 0 aliphatic carbocycles. The van der Waals surface area contributed by atoms with Crippen LogP contribution in [0.1, 0.15) is 17.4 Å². The number of hydrogen-bond acceptors (Lipinski definition) is 5. The zero-order valence-electron chi connectivity index (χ0n) is 16.5. The molecule has 1 aliphatic heterocycles. The van der Waals surface area contributed by atoms with Crippen LogP contribution in [0, 0.1) is 13.8 Å². The SMILES string of the molecule is Cc1c2cc[n+]([C@H]3OC[C@@H](O)[C@@H](O)[C@@H]3O)cc2c(C)c2c1[nH]c1ccc(O)cc12.[Br-]. The number of benzene rings is 2. The van der Waals surface area contributed by atoms with E-state index >= 15 is 0 Å². The first-order chi connectivity index (χ1) is 13.9. The summed E-state index contributed by atoms with van der Waals surface area (Å²) in [6.45, 7) is 4.03. The molecule has 4 aromatic rings. The highest BCUT2D eigenvalue weighted by atomic mass is 79.9. The van der Waals surface area contributed by atoms with Gasteiger partial charge in [0.25, 0.3) is 6.23 Å². The van der Waals surface area contributed by atoms with E-state index in [1.807, 2.05) is 31.5 Å². The molecule has 5 N–H and O–H groups in total.